The van der Waals surface area contributed by atoms with Gasteiger partial charge in [0.2, 0.25) is 5.91 Å². The van der Waals surface area contributed by atoms with E-state index in [1.165, 1.54) is 0 Å². The quantitative estimate of drug-likeness (QED) is 0.742. The molecule has 0 aliphatic rings. The summed E-state index contributed by atoms with van der Waals surface area (Å²) < 4.78 is 0. The largest absolute Gasteiger partial charge is 0.352 e. The number of hydrogen-bond donors (Lipinski definition) is 2. The standard InChI is InChI=1S/C15H22N2O2/c1-3-5-6-11-16-15(19)12-7-9-13(10-8-12)17-14(18)4-2/h7-10H,3-6,11H2,1-2H3,(H,16,19)(H,17,18). The van der Waals surface area contributed by atoms with Gasteiger partial charge < -0.3 is 10.6 Å². The lowest BCUT2D eigenvalue weighted by Gasteiger charge is -2.06. The highest BCUT2D eigenvalue weighted by molar-refractivity contribution is 5.95. The molecule has 19 heavy (non-hydrogen) atoms. The van der Waals surface area contributed by atoms with E-state index in [1.54, 1.807) is 31.2 Å². The van der Waals surface area contributed by atoms with Crippen LogP contribution < -0.4 is 10.6 Å². The smallest absolute Gasteiger partial charge is 0.251 e. The average Bonchev–Trinajstić information content (AvgIpc) is 2.44. The predicted octanol–water partition coefficient (Wildman–Crippen LogP) is 2.96. The van der Waals surface area contributed by atoms with Gasteiger partial charge in [0.15, 0.2) is 0 Å². The third kappa shape index (κ3) is 5.55. The molecule has 2 amide bonds. The molecule has 0 aliphatic carbocycles. The topological polar surface area (TPSA) is 58.2 Å². The Morgan fingerprint density at radius 3 is 2.32 bits per heavy atom. The molecular formula is C15H22N2O2. The molecule has 0 aromatic heterocycles. The van der Waals surface area contributed by atoms with Gasteiger partial charge in [0.05, 0.1) is 0 Å². The van der Waals surface area contributed by atoms with E-state index in [-0.39, 0.29) is 11.8 Å². The van der Waals surface area contributed by atoms with Crippen molar-refractivity contribution in [3.05, 3.63) is 29.8 Å². The van der Waals surface area contributed by atoms with Crippen molar-refractivity contribution < 1.29 is 9.59 Å². The van der Waals surface area contributed by atoms with Gasteiger partial charge in [0, 0.05) is 24.2 Å². The zero-order chi connectivity index (χ0) is 14.1. The Balaban J connectivity index is 2.46. The van der Waals surface area contributed by atoms with E-state index in [2.05, 4.69) is 17.6 Å². The third-order valence-corrected chi connectivity index (χ3v) is 2.82. The van der Waals surface area contributed by atoms with Crippen molar-refractivity contribution in [3.8, 4) is 0 Å². The third-order valence-electron chi connectivity index (χ3n) is 2.82. The Morgan fingerprint density at radius 1 is 1.05 bits per heavy atom. The van der Waals surface area contributed by atoms with Gasteiger partial charge in [0.25, 0.3) is 5.91 Å². The van der Waals surface area contributed by atoms with Crippen molar-refractivity contribution in [2.24, 2.45) is 0 Å². The van der Waals surface area contributed by atoms with Crippen LogP contribution >= 0.6 is 0 Å². The molecule has 1 rings (SSSR count). The molecular weight excluding hydrogens is 240 g/mol. The number of rotatable bonds is 7. The summed E-state index contributed by atoms with van der Waals surface area (Å²) >= 11 is 0. The molecule has 2 N–H and O–H groups in total. The minimum absolute atomic E-state index is 0.0308. The van der Waals surface area contributed by atoms with Crippen LogP contribution in [0.5, 0.6) is 0 Å². The van der Waals surface area contributed by atoms with Gasteiger partial charge >= 0.3 is 0 Å². The Hall–Kier alpha value is -1.84. The van der Waals surface area contributed by atoms with Crippen molar-refractivity contribution in [1.29, 1.82) is 0 Å². The Bertz CT molecular complexity index is 413. The fourth-order valence-electron chi connectivity index (χ4n) is 1.63. The number of anilines is 1. The normalized spacial score (nSPS) is 10.0. The lowest BCUT2D eigenvalue weighted by Crippen LogP contribution is -2.24. The van der Waals surface area contributed by atoms with E-state index < -0.39 is 0 Å². The maximum Gasteiger partial charge on any atom is 0.251 e. The van der Waals surface area contributed by atoms with Gasteiger partial charge in [-0.15, -0.1) is 0 Å². The first kappa shape index (κ1) is 15.2. The first-order valence-corrected chi connectivity index (χ1v) is 6.85. The summed E-state index contributed by atoms with van der Waals surface area (Å²) in [4.78, 5) is 23.0. The molecule has 4 nitrogen and oxygen atoms in total. The molecule has 1 aromatic carbocycles. The van der Waals surface area contributed by atoms with E-state index in [4.69, 9.17) is 0 Å². The summed E-state index contributed by atoms with van der Waals surface area (Å²) in [6.07, 6.45) is 3.72. The van der Waals surface area contributed by atoms with Crippen molar-refractivity contribution in [2.45, 2.75) is 39.5 Å². The van der Waals surface area contributed by atoms with E-state index in [1.807, 2.05) is 0 Å². The molecule has 0 fully saturated rings. The van der Waals surface area contributed by atoms with Gasteiger partial charge in [0.1, 0.15) is 0 Å². The molecule has 0 spiro atoms. The van der Waals surface area contributed by atoms with Crippen LogP contribution in [0.25, 0.3) is 0 Å². The van der Waals surface area contributed by atoms with Crippen LogP contribution in [0.15, 0.2) is 24.3 Å². The molecule has 0 saturated heterocycles. The summed E-state index contributed by atoms with van der Waals surface area (Å²) in [6.45, 7) is 4.64. The Kier molecular flexibility index (Phi) is 6.64. The van der Waals surface area contributed by atoms with E-state index in [9.17, 15) is 9.59 Å². The first-order valence-electron chi connectivity index (χ1n) is 6.85. The van der Waals surface area contributed by atoms with E-state index in [0.29, 0.717) is 18.5 Å². The lowest BCUT2D eigenvalue weighted by molar-refractivity contribution is -0.115. The van der Waals surface area contributed by atoms with Crippen LogP contribution in [0, 0.1) is 0 Å². The molecule has 1 aromatic rings. The molecule has 0 bridgehead atoms. The van der Waals surface area contributed by atoms with Crippen LogP contribution in [0.2, 0.25) is 0 Å². The monoisotopic (exact) mass is 262 g/mol. The van der Waals surface area contributed by atoms with Gasteiger partial charge in [-0.1, -0.05) is 26.7 Å². The molecule has 0 aliphatic heterocycles. The van der Waals surface area contributed by atoms with Gasteiger partial charge in [-0.3, -0.25) is 9.59 Å². The number of carbonyl (C=O) groups excluding carboxylic acids is 2. The van der Waals surface area contributed by atoms with Gasteiger partial charge in [-0.05, 0) is 30.7 Å². The van der Waals surface area contributed by atoms with Gasteiger partial charge in [-0.25, -0.2) is 0 Å². The van der Waals surface area contributed by atoms with Crippen molar-refractivity contribution in [3.63, 3.8) is 0 Å². The zero-order valence-electron chi connectivity index (χ0n) is 11.7. The second-order valence-electron chi connectivity index (χ2n) is 4.44. The van der Waals surface area contributed by atoms with Crippen molar-refractivity contribution >= 4 is 17.5 Å². The Morgan fingerprint density at radius 2 is 1.74 bits per heavy atom. The number of hydrogen-bond acceptors (Lipinski definition) is 2. The van der Waals surface area contributed by atoms with Crippen LogP contribution in [0.3, 0.4) is 0 Å². The Labute approximate surface area is 114 Å². The molecule has 0 unspecified atom stereocenters. The highest BCUT2D eigenvalue weighted by Gasteiger charge is 2.05. The zero-order valence-corrected chi connectivity index (χ0v) is 11.7. The molecule has 104 valence electrons. The lowest BCUT2D eigenvalue weighted by atomic mass is 10.2. The van der Waals surface area contributed by atoms with Crippen LogP contribution in [0.1, 0.15) is 49.9 Å². The molecule has 0 radical (unpaired) electrons. The molecule has 0 saturated carbocycles. The maximum absolute atomic E-state index is 11.8. The van der Waals surface area contributed by atoms with Crippen LogP contribution in [-0.2, 0) is 4.79 Å². The number of unbranched alkanes of at least 4 members (excludes halogenated alkanes) is 2. The first-order chi connectivity index (χ1) is 9.17. The van der Waals surface area contributed by atoms with Crippen LogP contribution in [0.4, 0.5) is 5.69 Å². The summed E-state index contributed by atoms with van der Waals surface area (Å²) in [7, 11) is 0. The SMILES string of the molecule is CCCCCNC(=O)c1ccc(NC(=O)CC)cc1. The summed E-state index contributed by atoms with van der Waals surface area (Å²) in [5.74, 6) is -0.0961. The number of benzene rings is 1. The number of nitrogens with one attached hydrogen (secondary N) is 2. The van der Waals surface area contributed by atoms with E-state index >= 15 is 0 Å². The minimum atomic E-state index is -0.0653. The van der Waals surface area contributed by atoms with E-state index in [0.717, 1.165) is 24.9 Å². The second-order valence-corrected chi connectivity index (χ2v) is 4.44. The minimum Gasteiger partial charge on any atom is -0.352 e. The number of carbonyl (C=O) groups is 2. The molecule has 0 atom stereocenters. The number of amides is 2. The van der Waals surface area contributed by atoms with Crippen molar-refractivity contribution in [2.75, 3.05) is 11.9 Å². The average molecular weight is 262 g/mol. The fourth-order valence-corrected chi connectivity index (χ4v) is 1.63. The molecule has 4 heteroatoms. The summed E-state index contributed by atoms with van der Waals surface area (Å²) in [5.41, 5.74) is 1.33. The highest BCUT2D eigenvalue weighted by Crippen LogP contribution is 2.10. The fraction of sp³-hybridized carbons (Fsp3) is 0.467. The second kappa shape index (κ2) is 8.29. The van der Waals surface area contributed by atoms with Gasteiger partial charge in [-0.2, -0.15) is 0 Å². The summed E-state index contributed by atoms with van der Waals surface area (Å²) in [5, 5.41) is 5.63. The summed E-state index contributed by atoms with van der Waals surface area (Å²) in [6, 6.07) is 6.93. The maximum atomic E-state index is 11.8. The molecule has 0 heterocycles. The highest BCUT2D eigenvalue weighted by atomic mass is 16.2. The van der Waals surface area contributed by atoms with Crippen molar-refractivity contribution in [1.82, 2.24) is 5.32 Å². The predicted molar refractivity (Wildman–Crippen MR) is 77.2 cm³/mol. The van der Waals surface area contributed by atoms with Crippen LogP contribution in [-0.4, -0.2) is 18.4 Å².